The second-order valence-electron chi connectivity index (χ2n) is 6.87. The summed E-state index contributed by atoms with van der Waals surface area (Å²) >= 11 is 0. The summed E-state index contributed by atoms with van der Waals surface area (Å²) in [5.74, 6) is 1.25. The minimum absolute atomic E-state index is 0.0388. The van der Waals surface area contributed by atoms with Gasteiger partial charge in [-0.1, -0.05) is 27.7 Å². The molecule has 1 saturated heterocycles. The molecule has 16 heavy (non-hydrogen) atoms. The Hall–Kier alpha value is -0.530. The Balaban J connectivity index is 3.27. The quantitative estimate of drug-likeness (QED) is 0.706. The van der Waals surface area contributed by atoms with Crippen LogP contribution >= 0.6 is 0 Å². The summed E-state index contributed by atoms with van der Waals surface area (Å²) in [4.78, 5) is 14.6. The van der Waals surface area contributed by atoms with Crippen molar-refractivity contribution in [1.82, 2.24) is 4.90 Å². The van der Waals surface area contributed by atoms with E-state index >= 15 is 0 Å². The predicted octanol–water partition coefficient (Wildman–Crippen LogP) is 3.31. The molecule has 94 valence electrons. The molecule has 1 aliphatic heterocycles. The van der Waals surface area contributed by atoms with Crippen molar-refractivity contribution in [1.29, 1.82) is 0 Å². The maximum absolute atomic E-state index is 12.5. The van der Waals surface area contributed by atoms with E-state index in [0.29, 0.717) is 17.7 Å². The molecule has 0 aromatic carbocycles. The summed E-state index contributed by atoms with van der Waals surface area (Å²) in [7, 11) is 0. The normalized spacial score (nSPS) is 28.2. The molecule has 1 atom stereocenters. The SMILES string of the molecule is CC(C)C1C(C)(C)C(=O)N(C(C)C)C1(C)C. The Bertz CT molecular complexity index is 289. The Morgan fingerprint density at radius 3 is 1.69 bits per heavy atom. The first-order chi connectivity index (χ1) is 7.04. The van der Waals surface area contributed by atoms with Crippen LogP contribution < -0.4 is 0 Å². The van der Waals surface area contributed by atoms with Crippen LogP contribution in [0.5, 0.6) is 0 Å². The first kappa shape index (κ1) is 13.5. The Kier molecular flexibility index (Phi) is 3.17. The van der Waals surface area contributed by atoms with Crippen molar-refractivity contribution in [2.24, 2.45) is 17.3 Å². The maximum atomic E-state index is 12.5. The van der Waals surface area contributed by atoms with Gasteiger partial charge in [-0.25, -0.2) is 0 Å². The van der Waals surface area contributed by atoms with Gasteiger partial charge in [-0.3, -0.25) is 4.79 Å². The van der Waals surface area contributed by atoms with Gasteiger partial charge in [0.1, 0.15) is 0 Å². The minimum atomic E-state index is -0.234. The molecule has 1 heterocycles. The molecular weight excluding hydrogens is 198 g/mol. The number of carbonyl (C=O) groups is 1. The highest BCUT2D eigenvalue weighted by atomic mass is 16.2. The highest BCUT2D eigenvalue weighted by Gasteiger charge is 2.59. The molecule has 2 heteroatoms. The highest BCUT2D eigenvalue weighted by molar-refractivity contribution is 5.86. The molecule has 0 saturated carbocycles. The Morgan fingerprint density at radius 1 is 1.06 bits per heavy atom. The number of hydrogen-bond acceptors (Lipinski definition) is 1. The Labute approximate surface area is 100 Å². The van der Waals surface area contributed by atoms with Crippen molar-refractivity contribution in [3.05, 3.63) is 0 Å². The van der Waals surface area contributed by atoms with Gasteiger partial charge < -0.3 is 4.90 Å². The number of likely N-dealkylation sites (tertiary alicyclic amines) is 1. The van der Waals surface area contributed by atoms with Gasteiger partial charge in [-0.2, -0.15) is 0 Å². The van der Waals surface area contributed by atoms with Crippen LogP contribution in [-0.2, 0) is 4.79 Å². The maximum Gasteiger partial charge on any atom is 0.229 e. The van der Waals surface area contributed by atoms with Crippen molar-refractivity contribution < 1.29 is 4.79 Å². The summed E-state index contributed by atoms with van der Waals surface area (Å²) in [6.45, 7) is 17.3. The van der Waals surface area contributed by atoms with Crippen molar-refractivity contribution in [2.45, 2.75) is 67.0 Å². The Morgan fingerprint density at radius 2 is 1.50 bits per heavy atom. The molecule has 0 bridgehead atoms. The van der Waals surface area contributed by atoms with E-state index in [2.05, 4.69) is 60.3 Å². The van der Waals surface area contributed by atoms with Crippen LogP contribution in [0, 0.1) is 17.3 Å². The van der Waals surface area contributed by atoms with Crippen LogP contribution in [-0.4, -0.2) is 22.4 Å². The molecule has 1 aliphatic rings. The highest BCUT2D eigenvalue weighted by Crippen LogP contribution is 2.51. The number of rotatable bonds is 2. The molecule has 0 N–H and O–H groups in total. The second-order valence-corrected chi connectivity index (χ2v) is 6.87. The minimum Gasteiger partial charge on any atom is -0.334 e. The molecule has 1 rings (SSSR count). The summed E-state index contributed by atoms with van der Waals surface area (Å²) in [5, 5.41) is 0. The van der Waals surface area contributed by atoms with Gasteiger partial charge >= 0.3 is 0 Å². The predicted molar refractivity (Wildman–Crippen MR) is 68.2 cm³/mol. The van der Waals surface area contributed by atoms with Crippen molar-refractivity contribution in [3.63, 3.8) is 0 Å². The lowest BCUT2D eigenvalue weighted by Crippen LogP contribution is -2.48. The smallest absolute Gasteiger partial charge is 0.229 e. The average molecular weight is 225 g/mol. The summed E-state index contributed by atoms with van der Waals surface area (Å²) in [6.07, 6.45) is 0. The van der Waals surface area contributed by atoms with Crippen LogP contribution in [0.15, 0.2) is 0 Å². The van der Waals surface area contributed by atoms with Gasteiger partial charge in [0.15, 0.2) is 0 Å². The average Bonchev–Trinajstić information content (AvgIpc) is 2.12. The van der Waals surface area contributed by atoms with Gasteiger partial charge in [0.05, 0.1) is 0 Å². The van der Waals surface area contributed by atoms with E-state index < -0.39 is 0 Å². The van der Waals surface area contributed by atoms with Crippen LogP contribution in [0.3, 0.4) is 0 Å². The van der Waals surface area contributed by atoms with Crippen molar-refractivity contribution >= 4 is 5.91 Å². The fourth-order valence-electron chi connectivity index (χ4n) is 4.29. The zero-order valence-corrected chi connectivity index (χ0v) is 12.1. The van der Waals surface area contributed by atoms with E-state index in [1.54, 1.807) is 0 Å². The third kappa shape index (κ3) is 1.66. The number of amides is 1. The van der Waals surface area contributed by atoms with Gasteiger partial charge in [0.2, 0.25) is 5.91 Å². The largest absolute Gasteiger partial charge is 0.334 e. The molecule has 0 aromatic heterocycles. The van der Waals surface area contributed by atoms with E-state index in [4.69, 9.17) is 0 Å². The molecule has 0 aliphatic carbocycles. The molecule has 0 radical (unpaired) electrons. The van der Waals surface area contributed by atoms with Crippen LogP contribution in [0.1, 0.15) is 55.4 Å². The number of nitrogens with zero attached hydrogens (tertiary/aromatic N) is 1. The van der Waals surface area contributed by atoms with E-state index in [-0.39, 0.29) is 17.0 Å². The third-order valence-corrected chi connectivity index (χ3v) is 4.11. The van der Waals surface area contributed by atoms with Crippen LogP contribution in [0.4, 0.5) is 0 Å². The fourth-order valence-corrected chi connectivity index (χ4v) is 4.29. The van der Waals surface area contributed by atoms with Gasteiger partial charge in [0.25, 0.3) is 0 Å². The molecule has 1 fully saturated rings. The van der Waals surface area contributed by atoms with Crippen molar-refractivity contribution in [2.75, 3.05) is 0 Å². The monoisotopic (exact) mass is 225 g/mol. The van der Waals surface area contributed by atoms with E-state index in [1.165, 1.54) is 0 Å². The van der Waals surface area contributed by atoms with Crippen LogP contribution in [0.25, 0.3) is 0 Å². The van der Waals surface area contributed by atoms with Gasteiger partial charge in [-0.05, 0) is 39.5 Å². The third-order valence-electron chi connectivity index (χ3n) is 4.11. The fraction of sp³-hybridized carbons (Fsp3) is 0.929. The zero-order chi connectivity index (χ0) is 12.9. The van der Waals surface area contributed by atoms with E-state index in [9.17, 15) is 4.79 Å². The standard InChI is InChI=1S/C14H27NO/c1-9(2)11-13(5,6)12(16)15(10(3)4)14(11,7)8/h9-11H,1-8H3. The molecule has 0 spiro atoms. The molecule has 1 unspecified atom stereocenters. The summed E-state index contributed by atoms with van der Waals surface area (Å²) in [6, 6.07) is 0.283. The molecule has 1 amide bonds. The first-order valence-electron chi connectivity index (χ1n) is 6.38. The molecule has 2 nitrogen and oxygen atoms in total. The lowest BCUT2D eigenvalue weighted by molar-refractivity contribution is -0.138. The lowest BCUT2D eigenvalue weighted by atomic mass is 9.67. The summed E-state index contributed by atoms with van der Waals surface area (Å²) < 4.78 is 0. The number of hydrogen-bond donors (Lipinski definition) is 0. The van der Waals surface area contributed by atoms with E-state index in [0.717, 1.165) is 0 Å². The first-order valence-corrected chi connectivity index (χ1v) is 6.38. The van der Waals surface area contributed by atoms with E-state index in [1.807, 2.05) is 0 Å². The van der Waals surface area contributed by atoms with Gasteiger partial charge in [0, 0.05) is 17.0 Å². The molecule has 0 aromatic rings. The second kappa shape index (κ2) is 3.75. The molecular formula is C14H27NO. The van der Waals surface area contributed by atoms with Crippen LogP contribution in [0.2, 0.25) is 0 Å². The lowest BCUT2D eigenvalue weighted by Gasteiger charge is -2.41. The summed E-state index contributed by atoms with van der Waals surface area (Å²) in [5.41, 5.74) is -0.273. The van der Waals surface area contributed by atoms with Gasteiger partial charge in [-0.15, -0.1) is 0 Å². The zero-order valence-electron chi connectivity index (χ0n) is 12.1. The topological polar surface area (TPSA) is 20.3 Å². The number of carbonyl (C=O) groups excluding carboxylic acids is 1. The van der Waals surface area contributed by atoms with Crippen molar-refractivity contribution in [3.8, 4) is 0 Å².